The Bertz CT molecular complexity index is 1010. The first-order chi connectivity index (χ1) is 13.8. The van der Waals surface area contributed by atoms with Gasteiger partial charge in [0.1, 0.15) is 18.2 Å². The monoisotopic (exact) mass is 415 g/mol. The van der Waals surface area contributed by atoms with Crippen LogP contribution >= 0.6 is 11.6 Å². The molecule has 0 spiro atoms. The number of ether oxygens (including phenoxy) is 2. The third-order valence-corrected chi connectivity index (χ3v) is 4.11. The number of nitro groups is 1. The number of hydrogen-bond acceptors (Lipinski definition) is 6. The average molecular weight is 416 g/mol. The van der Waals surface area contributed by atoms with Crippen molar-refractivity contribution in [3.05, 3.63) is 68.2 Å². The van der Waals surface area contributed by atoms with Crippen molar-refractivity contribution in [1.29, 1.82) is 5.26 Å². The van der Waals surface area contributed by atoms with E-state index in [1.165, 1.54) is 36.3 Å². The lowest BCUT2D eigenvalue weighted by Crippen LogP contribution is -2.22. The molecule has 0 unspecified atom stereocenters. The van der Waals surface area contributed by atoms with Crippen molar-refractivity contribution in [2.75, 3.05) is 21.2 Å². The summed E-state index contributed by atoms with van der Waals surface area (Å²) in [6.07, 6.45) is 1.40. The number of nitro benzene ring substituents is 1. The largest absolute Gasteiger partial charge is 0.493 e. The number of halogens is 1. The predicted octanol–water partition coefficient (Wildman–Crippen LogP) is 3.83. The number of methoxy groups -OCH3 is 1. The molecule has 0 atom stereocenters. The number of benzene rings is 2. The fraction of sp³-hybridized carbons (Fsp3) is 0.200. The van der Waals surface area contributed by atoms with Crippen LogP contribution in [-0.4, -0.2) is 36.9 Å². The Hall–Kier alpha value is -3.57. The third kappa shape index (κ3) is 5.46. The van der Waals surface area contributed by atoms with E-state index in [2.05, 4.69) is 0 Å². The molecule has 1 amide bonds. The van der Waals surface area contributed by atoms with E-state index in [0.29, 0.717) is 16.9 Å². The summed E-state index contributed by atoms with van der Waals surface area (Å²) in [4.78, 5) is 23.7. The number of likely N-dealkylation sites (N-methyl/N-ethyl adjacent to an activating group) is 1. The number of nitrogens with zero attached hydrogens (tertiary/aromatic N) is 3. The second-order valence-corrected chi connectivity index (χ2v) is 6.53. The van der Waals surface area contributed by atoms with Gasteiger partial charge in [-0.25, -0.2) is 0 Å². The van der Waals surface area contributed by atoms with Crippen LogP contribution in [-0.2, 0) is 11.4 Å². The van der Waals surface area contributed by atoms with Gasteiger partial charge in [-0.15, -0.1) is 0 Å². The van der Waals surface area contributed by atoms with Crippen LogP contribution in [0.1, 0.15) is 11.1 Å². The SMILES string of the molecule is COc1cc(/C=C(/C#N)C(=O)N(C)C)cc(Cl)c1OCc1cccc([N+](=O)[O-])c1. The van der Waals surface area contributed by atoms with E-state index >= 15 is 0 Å². The summed E-state index contributed by atoms with van der Waals surface area (Å²) < 4.78 is 11.0. The topological polar surface area (TPSA) is 106 Å². The zero-order valence-corrected chi connectivity index (χ0v) is 16.8. The molecule has 2 aromatic carbocycles. The van der Waals surface area contributed by atoms with Gasteiger partial charge in [0.15, 0.2) is 11.5 Å². The molecule has 0 saturated heterocycles. The van der Waals surface area contributed by atoms with Crippen molar-refractivity contribution in [3.63, 3.8) is 0 Å². The van der Waals surface area contributed by atoms with Crippen molar-refractivity contribution in [2.24, 2.45) is 0 Å². The lowest BCUT2D eigenvalue weighted by molar-refractivity contribution is -0.384. The third-order valence-electron chi connectivity index (χ3n) is 3.82. The molecule has 150 valence electrons. The lowest BCUT2D eigenvalue weighted by atomic mass is 10.1. The van der Waals surface area contributed by atoms with E-state index in [-0.39, 0.29) is 28.6 Å². The van der Waals surface area contributed by atoms with Gasteiger partial charge < -0.3 is 14.4 Å². The molecule has 0 bridgehead atoms. The molecule has 0 aromatic heterocycles. The number of rotatable bonds is 7. The van der Waals surface area contributed by atoms with Gasteiger partial charge in [-0.2, -0.15) is 5.26 Å². The van der Waals surface area contributed by atoms with E-state index in [1.54, 1.807) is 32.3 Å². The molecule has 0 heterocycles. The molecule has 0 radical (unpaired) electrons. The maximum absolute atomic E-state index is 12.0. The molecular weight excluding hydrogens is 398 g/mol. The van der Waals surface area contributed by atoms with Gasteiger partial charge in [-0.3, -0.25) is 14.9 Å². The Balaban J connectivity index is 2.31. The van der Waals surface area contributed by atoms with Crippen molar-refractivity contribution in [3.8, 4) is 17.6 Å². The lowest BCUT2D eigenvalue weighted by Gasteiger charge is -2.14. The number of non-ortho nitro benzene ring substituents is 1. The average Bonchev–Trinajstić information content (AvgIpc) is 2.70. The van der Waals surface area contributed by atoms with E-state index < -0.39 is 10.8 Å². The summed E-state index contributed by atoms with van der Waals surface area (Å²) in [5.74, 6) is 0.104. The van der Waals surface area contributed by atoms with Crippen LogP contribution in [0.5, 0.6) is 11.5 Å². The van der Waals surface area contributed by atoms with Crippen LogP contribution < -0.4 is 9.47 Å². The van der Waals surface area contributed by atoms with Crippen LogP contribution in [0.4, 0.5) is 5.69 Å². The van der Waals surface area contributed by atoms with Crippen LogP contribution in [0.25, 0.3) is 6.08 Å². The zero-order chi connectivity index (χ0) is 21.6. The zero-order valence-electron chi connectivity index (χ0n) is 16.0. The highest BCUT2D eigenvalue weighted by Gasteiger charge is 2.15. The molecule has 2 aromatic rings. The molecular formula is C20H18ClN3O5. The normalized spacial score (nSPS) is 10.8. The number of amides is 1. The summed E-state index contributed by atoms with van der Waals surface area (Å²) in [7, 11) is 4.52. The fourth-order valence-corrected chi connectivity index (χ4v) is 2.70. The highest BCUT2D eigenvalue weighted by atomic mass is 35.5. The van der Waals surface area contributed by atoms with E-state index in [9.17, 15) is 20.2 Å². The summed E-state index contributed by atoms with van der Waals surface area (Å²) in [5, 5.41) is 20.3. The molecule has 0 aliphatic heterocycles. The molecule has 0 fully saturated rings. The minimum absolute atomic E-state index is 0.0372. The number of carbonyl (C=O) groups excluding carboxylic acids is 1. The van der Waals surface area contributed by atoms with Gasteiger partial charge in [0.05, 0.1) is 17.1 Å². The molecule has 8 nitrogen and oxygen atoms in total. The summed E-state index contributed by atoms with van der Waals surface area (Å²) in [5.41, 5.74) is 0.976. The Morgan fingerprint density at radius 2 is 2.07 bits per heavy atom. The van der Waals surface area contributed by atoms with E-state index in [1.807, 2.05) is 6.07 Å². The summed E-state index contributed by atoms with van der Waals surface area (Å²) >= 11 is 6.31. The van der Waals surface area contributed by atoms with Gasteiger partial charge in [-0.1, -0.05) is 23.7 Å². The summed E-state index contributed by atoms with van der Waals surface area (Å²) in [6.45, 7) is 0.0372. The maximum atomic E-state index is 12.0. The highest BCUT2D eigenvalue weighted by molar-refractivity contribution is 6.32. The maximum Gasteiger partial charge on any atom is 0.269 e. The molecule has 9 heteroatoms. The Labute approximate surface area is 172 Å². The van der Waals surface area contributed by atoms with Gasteiger partial charge in [0.25, 0.3) is 11.6 Å². The Kier molecular flexibility index (Phi) is 7.17. The smallest absolute Gasteiger partial charge is 0.269 e. The van der Waals surface area contributed by atoms with Crippen molar-refractivity contribution in [1.82, 2.24) is 4.90 Å². The molecule has 29 heavy (non-hydrogen) atoms. The Morgan fingerprint density at radius 1 is 1.34 bits per heavy atom. The quantitative estimate of drug-likeness (QED) is 0.294. The van der Waals surface area contributed by atoms with E-state index in [0.717, 1.165) is 0 Å². The number of nitriles is 1. The first-order valence-corrected chi connectivity index (χ1v) is 8.71. The molecule has 0 aliphatic rings. The Morgan fingerprint density at radius 3 is 2.66 bits per heavy atom. The van der Waals surface area contributed by atoms with Crippen molar-refractivity contribution in [2.45, 2.75) is 6.61 Å². The minimum atomic E-state index is -0.486. The van der Waals surface area contributed by atoms with E-state index in [4.69, 9.17) is 21.1 Å². The van der Waals surface area contributed by atoms with Gasteiger partial charge in [0, 0.05) is 26.2 Å². The second kappa shape index (κ2) is 9.57. The fourth-order valence-electron chi connectivity index (χ4n) is 2.43. The van der Waals surface area contributed by atoms with Gasteiger partial charge in [0.2, 0.25) is 0 Å². The van der Waals surface area contributed by atoms with Crippen molar-refractivity contribution < 1.29 is 19.2 Å². The van der Waals surface area contributed by atoms with Crippen molar-refractivity contribution >= 4 is 29.3 Å². The standard InChI is InChI=1S/C20H18ClN3O5/c1-23(2)20(25)15(11-22)7-14-9-17(21)19(18(10-14)28-3)29-12-13-5-4-6-16(8-13)24(26)27/h4-10H,12H2,1-3H3/b15-7-. The predicted molar refractivity (Wildman–Crippen MR) is 108 cm³/mol. The van der Waals surface area contributed by atoms with Crippen LogP contribution in [0, 0.1) is 21.4 Å². The number of carbonyl (C=O) groups is 1. The first-order valence-electron chi connectivity index (χ1n) is 8.34. The summed E-state index contributed by atoms with van der Waals surface area (Å²) in [6, 6.07) is 11.0. The minimum Gasteiger partial charge on any atom is -0.493 e. The molecule has 2 rings (SSSR count). The molecule has 0 N–H and O–H groups in total. The second-order valence-electron chi connectivity index (χ2n) is 6.12. The van der Waals surface area contributed by atoms with Crippen LogP contribution in [0.3, 0.4) is 0 Å². The highest BCUT2D eigenvalue weighted by Crippen LogP contribution is 2.37. The number of hydrogen-bond donors (Lipinski definition) is 0. The van der Waals surface area contributed by atoms with Gasteiger partial charge >= 0.3 is 0 Å². The molecule has 0 aliphatic carbocycles. The van der Waals surface area contributed by atoms with Crippen LogP contribution in [0.2, 0.25) is 5.02 Å². The van der Waals surface area contributed by atoms with Gasteiger partial charge in [-0.05, 0) is 29.3 Å². The van der Waals surface area contributed by atoms with Crippen LogP contribution in [0.15, 0.2) is 42.0 Å². The molecule has 0 saturated carbocycles. The first kappa shape index (κ1) is 21.7.